The van der Waals surface area contributed by atoms with Crippen LogP contribution in [0.25, 0.3) is 11.0 Å². The first-order valence-electron chi connectivity index (χ1n) is 3.70. The van der Waals surface area contributed by atoms with Crippen molar-refractivity contribution in [1.82, 2.24) is 5.16 Å². The molecular formula is C9H8BrNO. The van der Waals surface area contributed by atoms with Gasteiger partial charge in [0.1, 0.15) is 0 Å². The highest BCUT2D eigenvalue weighted by Gasteiger charge is 2.06. The molecule has 0 aliphatic rings. The second kappa shape index (κ2) is 2.59. The average Bonchev–Trinajstić information content (AvgIpc) is 2.33. The lowest BCUT2D eigenvalue weighted by Crippen LogP contribution is -1.75. The van der Waals surface area contributed by atoms with Crippen LogP contribution in [0.1, 0.15) is 11.3 Å². The fourth-order valence-electron chi connectivity index (χ4n) is 1.28. The minimum Gasteiger partial charge on any atom is -0.356 e. The standard InChI is InChI=1S/C9H8BrNO/c1-5-3-7(10)4-8-6(2)11-12-9(5)8/h3-4H,1-2H3. The number of nitrogens with zero attached hydrogens (tertiary/aromatic N) is 1. The van der Waals surface area contributed by atoms with Crippen molar-refractivity contribution in [2.75, 3.05) is 0 Å². The van der Waals surface area contributed by atoms with E-state index in [1.54, 1.807) is 0 Å². The Morgan fingerprint density at radius 2 is 2.08 bits per heavy atom. The summed E-state index contributed by atoms with van der Waals surface area (Å²) in [5.41, 5.74) is 2.94. The zero-order chi connectivity index (χ0) is 8.72. The van der Waals surface area contributed by atoms with Crippen molar-refractivity contribution in [2.24, 2.45) is 0 Å². The molecule has 0 radical (unpaired) electrons. The van der Waals surface area contributed by atoms with E-state index in [2.05, 4.69) is 21.1 Å². The minimum atomic E-state index is 0.885. The Morgan fingerprint density at radius 3 is 2.83 bits per heavy atom. The monoisotopic (exact) mass is 225 g/mol. The van der Waals surface area contributed by atoms with E-state index in [1.165, 1.54) is 0 Å². The summed E-state index contributed by atoms with van der Waals surface area (Å²) in [4.78, 5) is 0. The van der Waals surface area contributed by atoms with Crippen LogP contribution in [0.3, 0.4) is 0 Å². The van der Waals surface area contributed by atoms with E-state index >= 15 is 0 Å². The molecule has 0 saturated heterocycles. The van der Waals surface area contributed by atoms with E-state index < -0.39 is 0 Å². The summed E-state index contributed by atoms with van der Waals surface area (Å²) in [6.07, 6.45) is 0. The molecule has 62 valence electrons. The molecule has 0 N–H and O–H groups in total. The number of benzene rings is 1. The van der Waals surface area contributed by atoms with Crippen molar-refractivity contribution in [1.29, 1.82) is 0 Å². The lowest BCUT2D eigenvalue weighted by Gasteiger charge is -1.94. The lowest BCUT2D eigenvalue weighted by atomic mass is 10.1. The molecule has 2 nitrogen and oxygen atoms in total. The van der Waals surface area contributed by atoms with Gasteiger partial charge in [0.2, 0.25) is 0 Å². The van der Waals surface area contributed by atoms with Gasteiger partial charge in [0.25, 0.3) is 0 Å². The van der Waals surface area contributed by atoms with E-state index in [-0.39, 0.29) is 0 Å². The third-order valence-corrected chi connectivity index (χ3v) is 2.36. The first-order valence-corrected chi connectivity index (χ1v) is 4.50. The van der Waals surface area contributed by atoms with Crippen LogP contribution in [-0.2, 0) is 0 Å². The molecule has 0 aliphatic carbocycles. The van der Waals surface area contributed by atoms with E-state index in [0.717, 1.165) is 26.7 Å². The van der Waals surface area contributed by atoms with Crippen LogP contribution >= 0.6 is 15.9 Å². The molecule has 0 saturated carbocycles. The van der Waals surface area contributed by atoms with Crippen molar-refractivity contribution in [2.45, 2.75) is 13.8 Å². The molecule has 12 heavy (non-hydrogen) atoms. The van der Waals surface area contributed by atoms with Gasteiger partial charge >= 0.3 is 0 Å². The summed E-state index contributed by atoms with van der Waals surface area (Å²) in [6.45, 7) is 3.95. The summed E-state index contributed by atoms with van der Waals surface area (Å²) in [7, 11) is 0. The third-order valence-electron chi connectivity index (χ3n) is 1.90. The van der Waals surface area contributed by atoms with Crippen LogP contribution < -0.4 is 0 Å². The molecule has 0 aliphatic heterocycles. The summed E-state index contributed by atoms with van der Waals surface area (Å²) >= 11 is 3.43. The first-order chi connectivity index (χ1) is 5.68. The van der Waals surface area contributed by atoms with Crippen molar-refractivity contribution in [3.63, 3.8) is 0 Å². The maximum atomic E-state index is 5.16. The zero-order valence-electron chi connectivity index (χ0n) is 6.89. The Balaban J connectivity index is 2.92. The molecule has 1 heterocycles. The fraction of sp³-hybridized carbons (Fsp3) is 0.222. The number of aromatic nitrogens is 1. The fourth-order valence-corrected chi connectivity index (χ4v) is 1.86. The van der Waals surface area contributed by atoms with Crippen LogP contribution in [-0.4, -0.2) is 5.16 Å². The van der Waals surface area contributed by atoms with Crippen LogP contribution in [0.15, 0.2) is 21.1 Å². The molecule has 1 aromatic heterocycles. The van der Waals surface area contributed by atoms with Gasteiger partial charge in [-0.1, -0.05) is 21.1 Å². The number of aryl methyl sites for hydroxylation is 2. The zero-order valence-corrected chi connectivity index (χ0v) is 8.47. The van der Waals surface area contributed by atoms with E-state index in [4.69, 9.17) is 4.52 Å². The van der Waals surface area contributed by atoms with E-state index in [0.29, 0.717) is 0 Å². The minimum absolute atomic E-state index is 0.885. The summed E-state index contributed by atoms with van der Waals surface area (Å²) in [5.74, 6) is 0. The molecular weight excluding hydrogens is 218 g/mol. The topological polar surface area (TPSA) is 26.0 Å². The van der Waals surface area contributed by atoms with Gasteiger partial charge in [-0.15, -0.1) is 0 Å². The van der Waals surface area contributed by atoms with Crippen LogP contribution in [0.2, 0.25) is 0 Å². The Hall–Kier alpha value is -0.830. The molecule has 3 heteroatoms. The highest BCUT2D eigenvalue weighted by atomic mass is 79.9. The molecule has 0 bridgehead atoms. The van der Waals surface area contributed by atoms with Crippen molar-refractivity contribution in [3.05, 3.63) is 27.9 Å². The highest BCUT2D eigenvalue weighted by molar-refractivity contribution is 9.10. The van der Waals surface area contributed by atoms with Crippen LogP contribution in [0.5, 0.6) is 0 Å². The Labute approximate surface area is 78.7 Å². The highest BCUT2D eigenvalue weighted by Crippen LogP contribution is 2.25. The second-order valence-electron chi connectivity index (χ2n) is 2.87. The van der Waals surface area contributed by atoms with Crippen LogP contribution in [0.4, 0.5) is 0 Å². The third kappa shape index (κ3) is 1.05. The lowest BCUT2D eigenvalue weighted by molar-refractivity contribution is 0.449. The molecule has 0 atom stereocenters. The van der Waals surface area contributed by atoms with Gasteiger partial charge in [-0.25, -0.2) is 0 Å². The Morgan fingerprint density at radius 1 is 1.33 bits per heavy atom. The summed E-state index contributed by atoms with van der Waals surface area (Å²) in [5, 5.41) is 4.99. The number of fused-ring (bicyclic) bond motifs is 1. The van der Waals surface area contributed by atoms with Gasteiger partial charge in [0.15, 0.2) is 5.58 Å². The molecule has 2 aromatic rings. The predicted molar refractivity (Wildman–Crippen MR) is 51.2 cm³/mol. The van der Waals surface area contributed by atoms with Crippen molar-refractivity contribution in [3.8, 4) is 0 Å². The number of hydrogen-bond donors (Lipinski definition) is 0. The van der Waals surface area contributed by atoms with Gasteiger partial charge in [-0.3, -0.25) is 0 Å². The largest absolute Gasteiger partial charge is 0.356 e. The maximum absolute atomic E-state index is 5.16. The van der Waals surface area contributed by atoms with Crippen molar-refractivity contribution < 1.29 is 4.52 Å². The normalized spacial score (nSPS) is 10.9. The quantitative estimate of drug-likeness (QED) is 0.689. The molecule has 0 amide bonds. The SMILES string of the molecule is Cc1noc2c(C)cc(Br)cc12. The molecule has 0 spiro atoms. The number of hydrogen-bond acceptors (Lipinski definition) is 2. The number of rotatable bonds is 0. The van der Waals surface area contributed by atoms with Crippen molar-refractivity contribution >= 4 is 26.9 Å². The van der Waals surface area contributed by atoms with E-state index in [1.807, 2.05) is 26.0 Å². The first kappa shape index (κ1) is 7.80. The summed E-state index contributed by atoms with van der Waals surface area (Å²) in [6, 6.07) is 4.04. The molecule has 2 rings (SSSR count). The maximum Gasteiger partial charge on any atom is 0.170 e. The average molecular weight is 226 g/mol. The second-order valence-corrected chi connectivity index (χ2v) is 3.78. The molecule has 0 unspecified atom stereocenters. The smallest absolute Gasteiger partial charge is 0.170 e. The Kier molecular flexibility index (Phi) is 1.68. The molecule has 1 aromatic carbocycles. The molecule has 0 fully saturated rings. The van der Waals surface area contributed by atoms with Gasteiger partial charge in [-0.2, -0.15) is 0 Å². The van der Waals surface area contributed by atoms with Crippen LogP contribution in [0, 0.1) is 13.8 Å². The predicted octanol–water partition coefficient (Wildman–Crippen LogP) is 3.21. The Bertz CT molecular complexity index is 433. The van der Waals surface area contributed by atoms with Gasteiger partial charge in [0, 0.05) is 9.86 Å². The summed E-state index contributed by atoms with van der Waals surface area (Å²) < 4.78 is 6.23. The van der Waals surface area contributed by atoms with Gasteiger partial charge in [0.05, 0.1) is 5.69 Å². The van der Waals surface area contributed by atoms with Gasteiger partial charge in [-0.05, 0) is 31.5 Å². The number of halogens is 1. The van der Waals surface area contributed by atoms with Gasteiger partial charge < -0.3 is 4.52 Å². The van der Waals surface area contributed by atoms with E-state index in [9.17, 15) is 0 Å².